The summed E-state index contributed by atoms with van der Waals surface area (Å²) in [6.07, 6.45) is 0. The van der Waals surface area contributed by atoms with Crippen molar-refractivity contribution in [1.82, 2.24) is 0 Å². The summed E-state index contributed by atoms with van der Waals surface area (Å²) in [7, 11) is 0. The van der Waals surface area contributed by atoms with Gasteiger partial charge in [-0.25, -0.2) is 8.78 Å². The van der Waals surface area contributed by atoms with E-state index in [-0.39, 0.29) is 11.4 Å². The topological polar surface area (TPSA) is 38.0 Å². The van der Waals surface area contributed by atoms with Crippen molar-refractivity contribution in [3.63, 3.8) is 0 Å². The zero-order valence-corrected chi connectivity index (χ0v) is 10.8. The summed E-state index contributed by atoms with van der Waals surface area (Å²) in [4.78, 5) is 0. The predicted octanol–water partition coefficient (Wildman–Crippen LogP) is 3.90. The molecule has 0 radical (unpaired) electrons. The predicted molar refractivity (Wildman–Crippen MR) is 73.2 cm³/mol. The van der Waals surface area contributed by atoms with Crippen LogP contribution in [0.2, 0.25) is 0 Å². The molecule has 2 aromatic rings. The van der Waals surface area contributed by atoms with Crippen LogP contribution in [-0.4, -0.2) is 0 Å². The second-order valence-electron chi connectivity index (χ2n) is 3.48. The average molecular weight is 346 g/mol. The van der Waals surface area contributed by atoms with Gasteiger partial charge in [0.15, 0.2) is 5.82 Å². The van der Waals surface area contributed by atoms with Crippen molar-refractivity contribution < 1.29 is 8.78 Å². The van der Waals surface area contributed by atoms with Gasteiger partial charge in [-0.05, 0) is 46.9 Å². The highest BCUT2D eigenvalue weighted by Crippen LogP contribution is 2.27. The fourth-order valence-corrected chi connectivity index (χ4v) is 1.95. The van der Waals surface area contributed by atoms with Crippen LogP contribution in [0.5, 0.6) is 0 Å². The third-order valence-electron chi connectivity index (χ3n) is 2.20. The fourth-order valence-electron chi connectivity index (χ4n) is 1.41. The Balaban J connectivity index is 2.36. The maximum absolute atomic E-state index is 13.2. The molecule has 0 bridgehead atoms. The van der Waals surface area contributed by atoms with Gasteiger partial charge < -0.3 is 11.1 Å². The highest BCUT2D eigenvalue weighted by molar-refractivity contribution is 14.1. The molecular formula is C12H9F2IN2. The van der Waals surface area contributed by atoms with Crippen LogP contribution in [0.15, 0.2) is 36.4 Å². The van der Waals surface area contributed by atoms with Gasteiger partial charge in [0.1, 0.15) is 5.82 Å². The quantitative estimate of drug-likeness (QED) is 0.640. The van der Waals surface area contributed by atoms with Gasteiger partial charge in [-0.15, -0.1) is 0 Å². The van der Waals surface area contributed by atoms with Crippen LogP contribution in [0.3, 0.4) is 0 Å². The maximum Gasteiger partial charge on any atom is 0.151 e. The van der Waals surface area contributed by atoms with Crippen LogP contribution in [0.4, 0.5) is 25.8 Å². The lowest BCUT2D eigenvalue weighted by molar-refractivity contribution is 0.587. The molecule has 0 atom stereocenters. The molecule has 0 amide bonds. The Morgan fingerprint density at radius 2 is 1.88 bits per heavy atom. The highest BCUT2D eigenvalue weighted by Gasteiger charge is 2.08. The van der Waals surface area contributed by atoms with Gasteiger partial charge in [-0.1, -0.05) is 6.07 Å². The van der Waals surface area contributed by atoms with E-state index in [1.807, 2.05) is 18.2 Å². The molecule has 5 heteroatoms. The van der Waals surface area contributed by atoms with Crippen molar-refractivity contribution in [2.45, 2.75) is 0 Å². The van der Waals surface area contributed by atoms with Crippen LogP contribution >= 0.6 is 22.6 Å². The van der Waals surface area contributed by atoms with Crippen molar-refractivity contribution in [2.75, 3.05) is 11.1 Å². The SMILES string of the molecule is Nc1c(F)cc(F)cc1Nc1cccc(I)c1. The summed E-state index contributed by atoms with van der Waals surface area (Å²) < 4.78 is 27.3. The van der Waals surface area contributed by atoms with Crippen LogP contribution in [-0.2, 0) is 0 Å². The lowest BCUT2D eigenvalue weighted by Crippen LogP contribution is -2.00. The molecular weight excluding hydrogens is 337 g/mol. The van der Waals surface area contributed by atoms with E-state index in [1.54, 1.807) is 6.07 Å². The van der Waals surface area contributed by atoms with Gasteiger partial charge in [0.25, 0.3) is 0 Å². The Labute approximate surface area is 111 Å². The lowest BCUT2D eigenvalue weighted by Gasteiger charge is -2.10. The van der Waals surface area contributed by atoms with E-state index >= 15 is 0 Å². The molecule has 0 aliphatic carbocycles. The first-order chi connectivity index (χ1) is 8.06. The van der Waals surface area contributed by atoms with Crippen molar-refractivity contribution in [2.24, 2.45) is 0 Å². The molecule has 0 aromatic heterocycles. The molecule has 0 saturated carbocycles. The largest absolute Gasteiger partial charge is 0.395 e. The Hall–Kier alpha value is -1.37. The van der Waals surface area contributed by atoms with E-state index < -0.39 is 11.6 Å². The van der Waals surface area contributed by atoms with Gasteiger partial charge in [0.05, 0.1) is 11.4 Å². The molecule has 2 rings (SSSR count). The molecule has 2 nitrogen and oxygen atoms in total. The molecule has 17 heavy (non-hydrogen) atoms. The van der Waals surface area contributed by atoms with E-state index in [0.717, 1.165) is 21.4 Å². The fraction of sp³-hybridized carbons (Fsp3) is 0. The standard InChI is InChI=1S/C12H9F2IN2/c13-7-4-10(14)12(16)11(5-7)17-9-3-1-2-8(15)6-9/h1-6,17H,16H2. The minimum Gasteiger partial charge on any atom is -0.395 e. The minimum absolute atomic E-state index is 0.0924. The molecule has 3 N–H and O–H groups in total. The second-order valence-corrected chi connectivity index (χ2v) is 4.73. The van der Waals surface area contributed by atoms with Crippen LogP contribution < -0.4 is 11.1 Å². The van der Waals surface area contributed by atoms with Gasteiger partial charge in [-0.2, -0.15) is 0 Å². The van der Waals surface area contributed by atoms with Gasteiger partial charge in [-0.3, -0.25) is 0 Å². The zero-order chi connectivity index (χ0) is 12.4. The summed E-state index contributed by atoms with van der Waals surface area (Å²) in [6, 6.07) is 9.33. The number of halogens is 3. The molecule has 88 valence electrons. The van der Waals surface area contributed by atoms with Gasteiger partial charge in [0, 0.05) is 15.3 Å². The van der Waals surface area contributed by atoms with Crippen LogP contribution in [0, 0.1) is 15.2 Å². The number of benzene rings is 2. The molecule has 0 fully saturated rings. The first-order valence-corrected chi connectivity index (χ1v) is 5.91. The number of anilines is 3. The number of rotatable bonds is 2. The summed E-state index contributed by atoms with van der Waals surface area (Å²) >= 11 is 2.15. The summed E-state index contributed by atoms with van der Waals surface area (Å²) in [5, 5.41) is 2.88. The van der Waals surface area contributed by atoms with E-state index in [0.29, 0.717) is 0 Å². The normalized spacial score (nSPS) is 10.3. The maximum atomic E-state index is 13.2. The molecule has 0 aliphatic rings. The second kappa shape index (κ2) is 4.87. The van der Waals surface area contributed by atoms with E-state index in [4.69, 9.17) is 5.73 Å². The first-order valence-electron chi connectivity index (χ1n) is 4.83. The Morgan fingerprint density at radius 1 is 1.12 bits per heavy atom. The van der Waals surface area contributed by atoms with Gasteiger partial charge >= 0.3 is 0 Å². The Bertz CT molecular complexity index is 558. The van der Waals surface area contributed by atoms with E-state index in [2.05, 4.69) is 27.9 Å². The highest BCUT2D eigenvalue weighted by atomic mass is 127. The molecule has 0 spiro atoms. The number of nitrogens with one attached hydrogen (secondary N) is 1. The number of nitrogens with two attached hydrogens (primary N) is 1. The third-order valence-corrected chi connectivity index (χ3v) is 2.87. The van der Waals surface area contributed by atoms with E-state index in [9.17, 15) is 8.78 Å². The molecule has 0 saturated heterocycles. The van der Waals surface area contributed by atoms with Crippen molar-refractivity contribution in [1.29, 1.82) is 0 Å². The lowest BCUT2D eigenvalue weighted by atomic mass is 10.2. The third kappa shape index (κ3) is 2.85. The molecule has 2 aromatic carbocycles. The van der Waals surface area contributed by atoms with Crippen molar-refractivity contribution in [3.05, 3.63) is 51.6 Å². The Kier molecular flexibility index (Phi) is 3.46. The number of nitrogen functional groups attached to an aromatic ring is 1. The summed E-state index contributed by atoms with van der Waals surface area (Å²) in [6.45, 7) is 0. The van der Waals surface area contributed by atoms with Crippen molar-refractivity contribution >= 4 is 39.7 Å². The number of hydrogen-bond acceptors (Lipinski definition) is 2. The van der Waals surface area contributed by atoms with Gasteiger partial charge in [0.2, 0.25) is 0 Å². The molecule has 0 aliphatic heterocycles. The van der Waals surface area contributed by atoms with Crippen LogP contribution in [0.25, 0.3) is 0 Å². The molecule has 0 heterocycles. The first kappa shape index (κ1) is 12.1. The van der Waals surface area contributed by atoms with E-state index in [1.165, 1.54) is 0 Å². The number of hydrogen-bond donors (Lipinski definition) is 2. The zero-order valence-electron chi connectivity index (χ0n) is 8.68. The van der Waals surface area contributed by atoms with Crippen LogP contribution in [0.1, 0.15) is 0 Å². The summed E-state index contributed by atoms with van der Waals surface area (Å²) in [5.41, 5.74) is 6.40. The van der Waals surface area contributed by atoms with Crippen molar-refractivity contribution in [3.8, 4) is 0 Å². The minimum atomic E-state index is -0.766. The monoisotopic (exact) mass is 346 g/mol. The molecule has 0 unspecified atom stereocenters. The summed E-state index contributed by atoms with van der Waals surface area (Å²) in [5.74, 6) is -1.43. The Morgan fingerprint density at radius 3 is 2.59 bits per heavy atom. The smallest absolute Gasteiger partial charge is 0.151 e. The average Bonchev–Trinajstić information content (AvgIpc) is 2.25.